The smallest absolute Gasteiger partial charge is 0.257 e. The Hall–Kier alpha value is -2.25. The Balaban J connectivity index is 1.93. The first kappa shape index (κ1) is 20.1. The third-order valence-electron chi connectivity index (χ3n) is 3.48. The quantitative estimate of drug-likeness (QED) is 0.577. The number of carbonyl (C=O) groups excluding carboxylic acids is 2. The molecule has 2 aromatic rings. The summed E-state index contributed by atoms with van der Waals surface area (Å²) in [5, 5.41) is 8.62. The highest BCUT2D eigenvalue weighted by Gasteiger charge is 2.09. The van der Waals surface area contributed by atoms with Crippen molar-refractivity contribution < 1.29 is 9.59 Å². The van der Waals surface area contributed by atoms with Crippen LogP contribution in [0.5, 0.6) is 0 Å². The molecule has 136 valence electrons. The molecule has 7 heteroatoms. The lowest BCUT2D eigenvalue weighted by Crippen LogP contribution is -2.34. The number of rotatable bonds is 6. The number of unbranched alkanes of at least 4 members (excludes halogenated alkanes) is 1. The molecule has 2 rings (SSSR count). The van der Waals surface area contributed by atoms with Gasteiger partial charge in [0.15, 0.2) is 5.11 Å². The van der Waals surface area contributed by atoms with Gasteiger partial charge in [-0.05, 0) is 55.0 Å². The number of hydrogen-bond acceptors (Lipinski definition) is 3. The van der Waals surface area contributed by atoms with Crippen molar-refractivity contribution in [3.8, 4) is 0 Å². The summed E-state index contributed by atoms with van der Waals surface area (Å²) in [4.78, 5) is 24.0. The van der Waals surface area contributed by atoms with E-state index in [4.69, 9.17) is 12.2 Å². The molecule has 0 saturated heterocycles. The van der Waals surface area contributed by atoms with Crippen molar-refractivity contribution in [1.82, 2.24) is 5.32 Å². The first-order valence-corrected chi connectivity index (χ1v) is 9.46. The molecule has 0 aromatic heterocycles. The van der Waals surface area contributed by atoms with E-state index in [-0.39, 0.29) is 16.9 Å². The van der Waals surface area contributed by atoms with Gasteiger partial charge in [-0.25, -0.2) is 0 Å². The van der Waals surface area contributed by atoms with Gasteiger partial charge in [0.25, 0.3) is 5.91 Å². The predicted molar refractivity (Wildman–Crippen MR) is 112 cm³/mol. The molecule has 0 heterocycles. The fourth-order valence-electron chi connectivity index (χ4n) is 2.20. The maximum Gasteiger partial charge on any atom is 0.257 e. The first-order valence-electron chi connectivity index (χ1n) is 8.25. The maximum absolute atomic E-state index is 12.2. The number of carbonyl (C=O) groups is 2. The topological polar surface area (TPSA) is 70.2 Å². The fraction of sp³-hybridized carbons (Fsp3) is 0.211. The molecule has 5 nitrogen and oxygen atoms in total. The Morgan fingerprint density at radius 1 is 1.04 bits per heavy atom. The summed E-state index contributed by atoms with van der Waals surface area (Å²) >= 11 is 8.52. The number of nitrogens with one attached hydrogen (secondary N) is 3. The molecule has 0 aliphatic heterocycles. The lowest BCUT2D eigenvalue weighted by Gasteiger charge is -2.11. The Kier molecular flexibility index (Phi) is 7.74. The van der Waals surface area contributed by atoms with Gasteiger partial charge in [0.05, 0.1) is 0 Å². The highest BCUT2D eigenvalue weighted by molar-refractivity contribution is 9.10. The number of halogens is 1. The number of amides is 2. The molecule has 0 bridgehead atoms. The molecule has 2 amide bonds. The van der Waals surface area contributed by atoms with Crippen molar-refractivity contribution in [2.45, 2.75) is 26.2 Å². The minimum absolute atomic E-state index is 0.0190. The molecule has 0 aliphatic rings. The summed E-state index contributed by atoms with van der Waals surface area (Å²) in [6, 6.07) is 14.2. The van der Waals surface area contributed by atoms with Gasteiger partial charge in [-0.15, -0.1) is 0 Å². The van der Waals surface area contributed by atoms with Crippen molar-refractivity contribution in [1.29, 1.82) is 0 Å². The fourth-order valence-corrected chi connectivity index (χ4v) is 2.81. The largest absolute Gasteiger partial charge is 0.332 e. The Morgan fingerprint density at radius 2 is 1.73 bits per heavy atom. The van der Waals surface area contributed by atoms with Gasteiger partial charge in [-0.1, -0.05) is 41.4 Å². The molecule has 26 heavy (non-hydrogen) atoms. The molecule has 0 fully saturated rings. The monoisotopic (exact) mass is 433 g/mol. The van der Waals surface area contributed by atoms with Crippen LogP contribution in [0.1, 0.15) is 36.5 Å². The van der Waals surface area contributed by atoms with Gasteiger partial charge in [0.1, 0.15) is 0 Å². The summed E-state index contributed by atoms with van der Waals surface area (Å²) in [5.41, 5.74) is 1.86. The van der Waals surface area contributed by atoms with Crippen molar-refractivity contribution in [3.63, 3.8) is 0 Å². The van der Waals surface area contributed by atoms with Gasteiger partial charge in [-0.3, -0.25) is 14.9 Å². The summed E-state index contributed by atoms with van der Waals surface area (Å²) in [5.74, 6) is -0.317. The van der Waals surface area contributed by atoms with E-state index in [0.717, 1.165) is 17.3 Å². The molecule has 0 spiro atoms. The molecule has 0 radical (unpaired) electrons. The lowest BCUT2D eigenvalue weighted by atomic mass is 10.2. The molecule has 0 saturated carbocycles. The average molecular weight is 434 g/mol. The molecule has 0 unspecified atom stereocenters. The number of anilines is 2. The minimum atomic E-state index is -0.298. The summed E-state index contributed by atoms with van der Waals surface area (Å²) < 4.78 is 0.815. The summed E-state index contributed by atoms with van der Waals surface area (Å²) in [6.45, 7) is 2.04. The van der Waals surface area contributed by atoms with E-state index < -0.39 is 0 Å². The molecule has 0 aliphatic carbocycles. The van der Waals surface area contributed by atoms with Gasteiger partial charge in [0, 0.05) is 27.8 Å². The average Bonchev–Trinajstić information content (AvgIpc) is 2.60. The van der Waals surface area contributed by atoms with E-state index in [1.807, 2.05) is 13.0 Å². The van der Waals surface area contributed by atoms with Gasteiger partial charge >= 0.3 is 0 Å². The molecule has 0 atom stereocenters. The highest BCUT2D eigenvalue weighted by Crippen LogP contribution is 2.16. The van der Waals surface area contributed by atoms with Gasteiger partial charge in [-0.2, -0.15) is 0 Å². The standard InChI is InChI=1S/C19H20BrN3O2S/c1-2-3-10-17(24)21-15-8-5-9-16(12-15)22-19(26)23-18(25)13-6-4-7-14(20)11-13/h4-9,11-12H,2-3,10H2,1H3,(H,21,24)(H2,22,23,25,26). The second-order valence-electron chi connectivity index (χ2n) is 5.65. The van der Waals surface area contributed by atoms with Crippen LogP contribution in [0.3, 0.4) is 0 Å². The number of hydrogen-bond donors (Lipinski definition) is 3. The van der Waals surface area contributed by atoms with Crippen LogP contribution < -0.4 is 16.0 Å². The Labute approximate surface area is 166 Å². The first-order chi connectivity index (χ1) is 12.5. The van der Waals surface area contributed by atoms with Crippen LogP contribution in [-0.4, -0.2) is 16.9 Å². The van der Waals surface area contributed by atoms with Crippen LogP contribution in [-0.2, 0) is 4.79 Å². The summed E-state index contributed by atoms with van der Waals surface area (Å²) in [6.07, 6.45) is 2.33. The van der Waals surface area contributed by atoms with E-state index >= 15 is 0 Å². The zero-order valence-electron chi connectivity index (χ0n) is 14.3. The summed E-state index contributed by atoms with van der Waals surface area (Å²) in [7, 11) is 0. The Morgan fingerprint density at radius 3 is 2.42 bits per heavy atom. The predicted octanol–water partition coefficient (Wildman–Crippen LogP) is 4.70. The molecular weight excluding hydrogens is 414 g/mol. The zero-order chi connectivity index (χ0) is 18.9. The van der Waals surface area contributed by atoms with Crippen LogP contribution >= 0.6 is 28.1 Å². The van der Waals surface area contributed by atoms with E-state index in [0.29, 0.717) is 23.4 Å². The van der Waals surface area contributed by atoms with Crippen molar-refractivity contribution >= 4 is 56.4 Å². The third-order valence-corrected chi connectivity index (χ3v) is 4.17. The SMILES string of the molecule is CCCCC(=O)Nc1cccc(NC(=S)NC(=O)c2cccc(Br)c2)c1. The molecular formula is C19H20BrN3O2S. The number of thiocarbonyl (C=S) groups is 1. The molecule has 2 aromatic carbocycles. The van der Waals surface area contributed by atoms with Crippen LogP contribution in [0.2, 0.25) is 0 Å². The van der Waals surface area contributed by atoms with Crippen LogP contribution in [0.15, 0.2) is 53.0 Å². The van der Waals surface area contributed by atoms with Gasteiger partial charge in [0.2, 0.25) is 5.91 Å². The minimum Gasteiger partial charge on any atom is -0.332 e. The normalized spacial score (nSPS) is 10.1. The van der Waals surface area contributed by atoms with Gasteiger partial charge < -0.3 is 10.6 Å². The Bertz CT molecular complexity index is 811. The van der Waals surface area contributed by atoms with Crippen molar-refractivity contribution in [2.24, 2.45) is 0 Å². The van der Waals surface area contributed by atoms with E-state index in [1.54, 1.807) is 42.5 Å². The van der Waals surface area contributed by atoms with Crippen LogP contribution in [0.4, 0.5) is 11.4 Å². The van der Waals surface area contributed by atoms with E-state index in [2.05, 4.69) is 31.9 Å². The van der Waals surface area contributed by atoms with E-state index in [9.17, 15) is 9.59 Å². The van der Waals surface area contributed by atoms with Crippen molar-refractivity contribution in [3.05, 3.63) is 58.6 Å². The molecule has 3 N–H and O–H groups in total. The highest BCUT2D eigenvalue weighted by atomic mass is 79.9. The van der Waals surface area contributed by atoms with E-state index in [1.165, 1.54) is 0 Å². The maximum atomic E-state index is 12.2. The zero-order valence-corrected chi connectivity index (χ0v) is 16.7. The van der Waals surface area contributed by atoms with Crippen molar-refractivity contribution in [2.75, 3.05) is 10.6 Å². The second kappa shape index (κ2) is 10.0. The lowest BCUT2D eigenvalue weighted by molar-refractivity contribution is -0.116. The van der Waals surface area contributed by atoms with Crippen LogP contribution in [0.25, 0.3) is 0 Å². The number of benzene rings is 2. The second-order valence-corrected chi connectivity index (χ2v) is 6.98. The third kappa shape index (κ3) is 6.57. The van der Waals surface area contributed by atoms with Crippen LogP contribution in [0, 0.1) is 0 Å².